The van der Waals surface area contributed by atoms with Gasteiger partial charge < -0.3 is 10.6 Å². The van der Waals surface area contributed by atoms with Gasteiger partial charge in [-0.1, -0.05) is 6.07 Å². The lowest BCUT2D eigenvalue weighted by molar-refractivity contribution is -0.121. The number of aromatic nitrogens is 3. The zero-order valence-corrected chi connectivity index (χ0v) is 13.0. The average molecular weight is 299 g/mol. The number of hydrogen-bond donors (Lipinski definition) is 2. The van der Waals surface area contributed by atoms with E-state index in [4.69, 9.17) is 0 Å². The molecule has 22 heavy (non-hydrogen) atoms. The number of hydrogen-bond acceptors (Lipinski definition) is 5. The van der Waals surface area contributed by atoms with Crippen molar-refractivity contribution in [2.24, 2.45) is 0 Å². The number of anilines is 1. The average Bonchev–Trinajstić information content (AvgIpc) is 2.50. The normalized spacial score (nSPS) is 10.3. The second kappa shape index (κ2) is 8.07. The number of carbonyl (C=O) groups is 1. The van der Waals surface area contributed by atoms with Gasteiger partial charge in [-0.15, -0.1) is 0 Å². The highest BCUT2D eigenvalue weighted by molar-refractivity contribution is 5.75. The molecule has 0 aromatic carbocycles. The maximum Gasteiger partial charge on any atom is 0.223 e. The van der Waals surface area contributed by atoms with Gasteiger partial charge in [0.15, 0.2) is 0 Å². The highest BCUT2D eigenvalue weighted by Crippen LogP contribution is 2.04. The quantitative estimate of drug-likeness (QED) is 0.764. The fourth-order valence-corrected chi connectivity index (χ4v) is 2.05. The first-order chi connectivity index (χ1) is 10.6. The molecule has 0 aliphatic carbocycles. The highest BCUT2D eigenvalue weighted by Gasteiger charge is 2.02. The standard InChI is InChI=1S/C16H21N5O/c1-12-9-13(2)21-16(20-12)18-8-4-6-15(22)19-11-14-5-3-7-17-10-14/h3,5,7,9-10H,4,6,8,11H2,1-2H3,(H,19,22)(H,18,20,21). The van der Waals surface area contributed by atoms with Crippen molar-refractivity contribution >= 4 is 11.9 Å². The van der Waals surface area contributed by atoms with Crippen LogP contribution in [0, 0.1) is 13.8 Å². The van der Waals surface area contributed by atoms with E-state index in [9.17, 15) is 4.79 Å². The maximum atomic E-state index is 11.7. The van der Waals surface area contributed by atoms with E-state index in [1.165, 1.54) is 0 Å². The zero-order chi connectivity index (χ0) is 15.8. The molecule has 116 valence electrons. The van der Waals surface area contributed by atoms with Crippen LogP contribution in [0.15, 0.2) is 30.6 Å². The number of rotatable bonds is 7. The van der Waals surface area contributed by atoms with Crippen molar-refractivity contribution in [1.82, 2.24) is 20.3 Å². The summed E-state index contributed by atoms with van der Waals surface area (Å²) in [5.74, 6) is 0.653. The smallest absolute Gasteiger partial charge is 0.223 e. The molecule has 2 rings (SSSR count). The summed E-state index contributed by atoms with van der Waals surface area (Å²) in [5.41, 5.74) is 2.87. The summed E-state index contributed by atoms with van der Waals surface area (Å²) in [6.07, 6.45) is 4.67. The molecule has 0 atom stereocenters. The first kappa shape index (κ1) is 15.9. The SMILES string of the molecule is Cc1cc(C)nc(NCCCC(=O)NCc2cccnc2)n1. The van der Waals surface area contributed by atoms with Crippen molar-refractivity contribution in [3.8, 4) is 0 Å². The molecule has 0 fully saturated rings. The molecule has 0 bridgehead atoms. The number of nitrogens with zero attached hydrogens (tertiary/aromatic N) is 3. The fraction of sp³-hybridized carbons (Fsp3) is 0.375. The van der Waals surface area contributed by atoms with Crippen LogP contribution in [-0.2, 0) is 11.3 Å². The van der Waals surface area contributed by atoms with Gasteiger partial charge in [-0.05, 0) is 38.0 Å². The van der Waals surface area contributed by atoms with Crippen LogP contribution in [0.1, 0.15) is 29.8 Å². The van der Waals surface area contributed by atoms with Crippen molar-refractivity contribution in [2.75, 3.05) is 11.9 Å². The first-order valence-corrected chi connectivity index (χ1v) is 7.35. The van der Waals surface area contributed by atoms with E-state index < -0.39 is 0 Å². The van der Waals surface area contributed by atoms with E-state index in [1.54, 1.807) is 12.4 Å². The highest BCUT2D eigenvalue weighted by atomic mass is 16.1. The van der Waals surface area contributed by atoms with Crippen LogP contribution < -0.4 is 10.6 Å². The predicted octanol–water partition coefficient (Wildman–Crippen LogP) is 2.00. The first-order valence-electron chi connectivity index (χ1n) is 7.35. The zero-order valence-electron chi connectivity index (χ0n) is 13.0. The number of amides is 1. The minimum atomic E-state index is 0.0343. The van der Waals surface area contributed by atoms with Crippen LogP contribution >= 0.6 is 0 Å². The number of pyridine rings is 1. The summed E-state index contributed by atoms with van der Waals surface area (Å²) in [4.78, 5) is 24.3. The van der Waals surface area contributed by atoms with Crippen molar-refractivity contribution in [3.63, 3.8) is 0 Å². The minimum Gasteiger partial charge on any atom is -0.354 e. The fourth-order valence-electron chi connectivity index (χ4n) is 2.05. The van der Waals surface area contributed by atoms with Gasteiger partial charge in [0.05, 0.1) is 0 Å². The summed E-state index contributed by atoms with van der Waals surface area (Å²) in [6.45, 7) is 5.06. The molecule has 0 spiro atoms. The summed E-state index contributed by atoms with van der Waals surface area (Å²) in [7, 11) is 0. The van der Waals surface area contributed by atoms with Gasteiger partial charge in [-0.2, -0.15) is 0 Å². The van der Waals surface area contributed by atoms with Gasteiger partial charge in [0.2, 0.25) is 11.9 Å². The van der Waals surface area contributed by atoms with Gasteiger partial charge in [0.25, 0.3) is 0 Å². The van der Waals surface area contributed by atoms with Crippen LogP contribution in [0.4, 0.5) is 5.95 Å². The molecule has 0 saturated heterocycles. The Morgan fingerprint density at radius 1 is 1.23 bits per heavy atom. The van der Waals surface area contributed by atoms with Crippen molar-refractivity contribution in [2.45, 2.75) is 33.2 Å². The summed E-state index contributed by atoms with van der Waals surface area (Å²) in [6, 6.07) is 5.72. The third-order valence-electron chi connectivity index (χ3n) is 3.06. The lowest BCUT2D eigenvalue weighted by Gasteiger charge is -2.07. The van der Waals surface area contributed by atoms with E-state index in [0.29, 0.717) is 25.5 Å². The van der Waals surface area contributed by atoms with Crippen LogP contribution in [0.2, 0.25) is 0 Å². The lowest BCUT2D eigenvalue weighted by atomic mass is 10.2. The molecule has 0 aliphatic heterocycles. The second-order valence-electron chi connectivity index (χ2n) is 5.14. The predicted molar refractivity (Wildman–Crippen MR) is 85.3 cm³/mol. The number of carbonyl (C=O) groups excluding carboxylic acids is 1. The van der Waals surface area contributed by atoms with E-state index in [0.717, 1.165) is 23.4 Å². The number of aryl methyl sites for hydroxylation is 2. The molecular weight excluding hydrogens is 278 g/mol. The van der Waals surface area contributed by atoms with Gasteiger partial charge >= 0.3 is 0 Å². The van der Waals surface area contributed by atoms with Gasteiger partial charge in [-0.3, -0.25) is 9.78 Å². The third kappa shape index (κ3) is 5.47. The van der Waals surface area contributed by atoms with Gasteiger partial charge in [-0.25, -0.2) is 9.97 Å². The van der Waals surface area contributed by atoms with Gasteiger partial charge in [0, 0.05) is 43.3 Å². The molecule has 6 heteroatoms. The van der Waals surface area contributed by atoms with Gasteiger partial charge in [0.1, 0.15) is 0 Å². The second-order valence-corrected chi connectivity index (χ2v) is 5.14. The molecule has 0 unspecified atom stereocenters. The Morgan fingerprint density at radius 2 is 2.00 bits per heavy atom. The van der Waals surface area contributed by atoms with Crippen LogP contribution in [-0.4, -0.2) is 27.4 Å². The van der Waals surface area contributed by atoms with Crippen LogP contribution in [0.5, 0.6) is 0 Å². The van der Waals surface area contributed by atoms with E-state index >= 15 is 0 Å². The molecule has 2 aromatic heterocycles. The Hall–Kier alpha value is -2.50. The third-order valence-corrected chi connectivity index (χ3v) is 3.06. The van der Waals surface area contributed by atoms with Crippen molar-refractivity contribution in [1.29, 1.82) is 0 Å². The maximum absolute atomic E-state index is 11.7. The molecule has 0 aliphatic rings. The molecule has 2 heterocycles. The molecule has 6 nitrogen and oxygen atoms in total. The van der Waals surface area contributed by atoms with E-state index in [2.05, 4.69) is 25.6 Å². The van der Waals surface area contributed by atoms with Crippen LogP contribution in [0.3, 0.4) is 0 Å². The molecule has 0 saturated carbocycles. The van der Waals surface area contributed by atoms with Crippen LogP contribution in [0.25, 0.3) is 0 Å². The van der Waals surface area contributed by atoms with Crippen molar-refractivity contribution < 1.29 is 4.79 Å². The summed E-state index contributed by atoms with van der Waals surface area (Å²) in [5, 5.41) is 6.02. The van der Waals surface area contributed by atoms with E-state index in [-0.39, 0.29) is 5.91 Å². The Labute approximate surface area is 130 Å². The lowest BCUT2D eigenvalue weighted by Crippen LogP contribution is -2.23. The molecule has 0 radical (unpaired) electrons. The molecule has 1 amide bonds. The molecule has 2 N–H and O–H groups in total. The topological polar surface area (TPSA) is 79.8 Å². The Morgan fingerprint density at radius 3 is 2.68 bits per heavy atom. The molecule has 2 aromatic rings. The monoisotopic (exact) mass is 299 g/mol. The summed E-state index contributed by atoms with van der Waals surface area (Å²) >= 11 is 0. The summed E-state index contributed by atoms with van der Waals surface area (Å²) < 4.78 is 0. The van der Waals surface area contributed by atoms with Crippen molar-refractivity contribution in [3.05, 3.63) is 47.5 Å². The molecular formula is C16H21N5O. The minimum absolute atomic E-state index is 0.0343. The Balaban J connectivity index is 1.64. The number of nitrogens with one attached hydrogen (secondary N) is 2. The largest absolute Gasteiger partial charge is 0.354 e. The Kier molecular flexibility index (Phi) is 5.82. The Bertz CT molecular complexity index is 595. The van der Waals surface area contributed by atoms with E-state index in [1.807, 2.05) is 32.0 Å².